The highest BCUT2D eigenvalue weighted by Gasteiger charge is 2.11. The Morgan fingerprint density at radius 1 is 1.31 bits per heavy atom. The summed E-state index contributed by atoms with van der Waals surface area (Å²) in [6.07, 6.45) is 0.185. The summed E-state index contributed by atoms with van der Waals surface area (Å²) in [7, 11) is 1.52. The van der Waals surface area contributed by atoms with Gasteiger partial charge in [0.15, 0.2) is 0 Å². The van der Waals surface area contributed by atoms with Gasteiger partial charge < -0.3 is 15.7 Å². The van der Waals surface area contributed by atoms with Crippen molar-refractivity contribution in [1.82, 2.24) is 4.90 Å². The minimum absolute atomic E-state index is 0.0864. The molecule has 3 N–H and O–H groups in total. The lowest BCUT2D eigenvalue weighted by Gasteiger charge is -2.14. The first-order valence-electron chi connectivity index (χ1n) is 4.79. The predicted molar refractivity (Wildman–Crippen MR) is 58.6 cm³/mol. The predicted octanol–water partition coefficient (Wildman–Crippen LogP) is -0.122. The van der Waals surface area contributed by atoms with Crippen molar-refractivity contribution in [2.24, 2.45) is 5.73 Å². The Morgan fingerprint density at radius 3 is 2.38 bits per heavy atom. The molecule has 1 aromatic rings. The number of hydrogen-bond donors (Lipinski definition) is 2. The number of carbonyl (C=O) groups excluding carboxylic acids is 2. The van der Waals surface area contributed by atoms with Crippen LogP contribution >= 0.6 is 0 Å². The molecule has 0 saturated heterocycles. The zero-order chi connectivity index (χ0) is 12.1. The van der Waals surface area contributed by atoms with Gasteiger partial charge in [-0.25, -0.2) is 0 Å². The van der Waals surface area contributed by atoms with Gasteiger partial charge in [0, 0.05) is 7.05 Å². The quantitative estimate of drug-likeness (QED) is 0.744. The maximum absolute atomic E-state index is 11.6. The summed E-state index contributed by atoms with van der Waals surface area (Å²) < 4.78 is 0. The molecule has 0 aliphatic carbocycles. The number of rotatable bonds is 4. The molecule has 16 heavy (non-hydrogen) atoms. The Hall–Kier alpha value is -2.04. The van der Waals surface area contributed by atoms with Crippen LogP contribution in [-0.2, 0) is 16.0 Å². The molecular formula is C11H14N2O3. The van der Waals surface area contributed by atoms with Crippen LogP contribution in [-0.4, -0.2) is 35.4 Å². The molecule has 0 saturated carbocycles. The Morgan fingerprint density at radius 2 is 1.88 bits per heavy atom. The van der Waals surface area contributed by atoms with Crippen molar-refractivity contribution >= 4 is 11.8 Å². The van der Waals surface area contributed by atoms with E-state index in [0.29, 0.717) is 0 Å². The SMILES string of the molecule is CN(CC(N)=O)C(=O)Cc1ccc(O)cc1. The summed E-state index contributed by atoms with van der Waals surface area (Å²) in [5.74, 6) is -0.576. The van der Waals surface area contributed by atoms with Crippen LogP contribution in [0, 0.1) is 0 Å². The lowest BCUT2D eigenvalue weighted by atomic mass is 10.1. The lowest BCUT2D eigenvalue weighted by Crippen LogP contribution is -2.36. The van der Waals surface area contributed by atoms with E-state index in [-0.39, 0.29) is 24.6 Å². The number of likely N-dealkylation sites (N-methyl/N-ethyl adjacent to an activating group) is 1. The molecule has 1 aromatic carbocycles. The van der Waals surface area contributed by atoms with E-state index in [1.54, 1.807) is 12.1 Å². The van der Waals surface area contributed by atoms with Crippen LogP contribution in [0.15, 0.2) is 24.3 Å². The smallest absolute Gasteiger partial charge is 0.237 e. The third-order valence-corrected chi connectivity index (χ3v) is 2.11. The van der Waals surface area contributed by atoms with Crippen LogP contribution in [0.25, 0.3) is 0 Å². The van der Waals surface area contributed by atoms with E-state index < -0.39 is 5.91 Å². The molecule has 0 aliphatic heterocycles. The van der Waals surface area contributed by atoms with E-state index in [1.165, 1.54) is 24.1 Å². The summed E-state index contributed by atoms with van der Waals surface area (Å²) in [5.41, 5.74) is 5.76. The first-order valence-corrected chi connectivity index (χ1v) is 4.79. The van der Waals surface area contributed by atoms with Gasteiger partial charge in [-0.1, -0.05) is 12.1 Å². The van der Waals surface area contributed by atoms with E-state index in [0.717, 1.165) is 5.56 Å². The van der Waals surface area contributed by atoms with Crippen molar-refractivity contribution in [3.8, 4) is 5.75 Å². The van der Waals surface area contributed by atoms with Gasteiger partial charge in [-0.3, -0.25) is 9.59 Å². The minimum Gasteiger partial charge on any atom is -0.508 e. The summed E-state index contributed by atoms with van der Waals surface area (Å²) in [4.78, 5) is 23.5. The van der Waals surface area contributed by atoms with Crippen LogP contribution in [0.4, 0.5) is 0 Å². The third-order valence-electron chi connectivity index (χ3n) is 2.11. The molecule has 0 atom stereocenters. The highest BCUT2D eigenvalue weighted by Crippen LogP contribution is 2.10. The Labute approximate surface area is 93.5 Å². The second kappa shape index (κ2) is 5.16. The molecule has 0 bridgehead atoms. The summed E-state index contributed by atoms with van der Waals surface area (Å²) in [6.45, 7) is -0.0864. The maximum Gasteiger partial charge on any atom is 0.237 e. The van der Waals surface area contributed by atoms with Crippen molar-refractivity contribution in [2.45, 2.75) is 6.42 Å². The van der Waals surface area contributed by atoms with Gasteiger partial charge in [0.05, 0.1) is 13.0 Å². The van der Waals surface area contributed by atoms with Crippen molar-refractivity contribution in [2.75, 3.05) is 13.6 Å². The maximum atomic E-state index is 11.6. The lowest BCUT2D eigenvalue weighted by molar-refractivity contribution is -0.133. The van der Waals surface area contributed by atoms with Crippen molar-refractivity contribution in [1.29, 1.82) is 0 Å². The van der Waals surface area contributed by atoms with Gasteiger partial charge in [0.2, 0.25) is 11.8 Å². The number of hydrogen-bond acceptors (Lipinski definition) is 3. The van der Waals surface area contributed by atoms with Crippen LogP contribution in [0.5, 0.6) is 5.75 Å². The van der Waals surface area contributed by atoms with Gasteiger partial charge in [-0.2, -0.15) is 0 Å². The van der Waals surface area contributed by atoms with E-state index in [9.17, 15) is 9.59 Å². The number of nitrogens with two attached hydrogens (primary N) is 1. The van der Waals surface area contributed by atoms with Crippen LogP contribution < -0.4 is 5.73 Å². The van der Waals surface area contributed by atoms with Crippen LogP contribution in [0.1, 0.15) is 5.56 Å². The molecule has 0 aromatic heterocycles. The molecule has 0 unspecified atom stereocenters. The second-order valence-corrected chi connectivity index (χ2v) is 3.56. The molecule has 2 amide bonds. The van der Waals surface area contributed by atoms with E-state index >= 15 is 0 Å². The first-order chi connectivity index (χ1) is 7.49. The second-order valence-electron chi connectivity index (χ2n) is 3.56. The van der Waals surface area contributed by atoms with Gasteiger partial charge in [-0.15, -0.1) is 0 Å². The molecule has 0 aliphatic rings. The number of aromatic hydroxyl groups is 1. The number of nitrogens with zero attached hydrogens (tertiary/aromatic N) is 1. The highest BCUT2D eigenvalue weighted by molar-refractivity contribution is 5.84. The van der Waals surface area contributed by atoms with Gasteiger partial charge in [-0.05, 0) is 17.7 Å². The van der Waals surface area contributed by atoms with Gasteiger partial charge >= 0.3 is 0 Å². The normalized spacial score (nSPS) is 9.81. The third kappa shape index (κ3) is 3.61. The van der Waals surface area contributed by atoms with Gasteiger partial charge in [0.1, 0.15) is 5.75 Å². The van der Waals surface area contributed by atoms with Crippen molar-refractivity contribution in [3.05, 3.63) is 29.8 Å². The fraction of sp³-hybridized carbons (Fsp3) is 0.273. The Kier molecular flexibility index (Phi) is 3.88. The van der Waals surface area contributed by atoms with Crippen LogP contribution in [0.3, 0.4) is 0 Å². The van der Waals surface area contributed by atoms with Crippen molar-refractivity contribution in [3.63, 3.8) is 0 Å². The summed E-state index contributed by atoms with van der Waals surface area (Å²) >= 11 is 0. The molecule has 0 fully saturated rings. The average Bonchev–Trinajstić information content (AvgIpc) is 2.20. The molecule has 5 heteroatoms. The van der Waals surface area contributed by atoms with Crippen LogP contribution in [0.2, 0.25) is 0 Å². The number of phenols is 1. The number of primary amides is 1. The fourth-order valence-electron chi connectivity index (χ4n) is 1.25. The molecule has 0 spiro atoms. The molecule has 0 radical (unpaired) electrons. The molecule has 0 heterocycles. The minimum atomic E-state index is -0.540. The fourth-order valence-corrected chi connectivity index (χ4v) is 1.25. The van der Waals surface area contributed by atoms with E-state index in [4.69, 9.17) is 10.8 Å². The standard InChI is InChI=1S/C11H14N2O3/c1-13(7-10(12)15)11(16)6-8-2-4-9(14)5-3-8/h2-5,14H,6-7H2,1H3,(H2,12,15). The Bertz CT molecular complexity index is 387. The topological polar surface area (TPSA) is 83.6 Å². The Balaban J connectivity index is 2.57. The molecular weight excluding hydrogens is 208 g/mol. The zero-order valence-corrected chi connectivity index (χ0v) is 9.01. The van der Waals surface area contributed by atoms with E-state index in [2.05, 4.69) is 0 Å². The molecule has 86 valence electrons. The molecule has 1 rings (SSSR count). The number of benzene rings is 1. The van der Waals surface area contributed by atoms with Crippen molar-refractivity contribution < 1.29 is 14.7 Å². The summed E-state index contributed by atoms with van der Waals surface area (Å²) in [6, 6.07) is 6.34. The summed E-state index contributed by atoms with van der Waals surface area (Å²) in [5, 5.41) is 9.06. The zero-order valence-electron chi connectivity index (χ0n) is 9.01. The largest absolute Gasteiger partial charge is 0.508 e. The number of phenolic OH excluding ortho intramolecular Hbond substituents is 1. The average molecular weight is 222 g/mol. The number of carbonyl (C=O) groups is 2. The van der Waals surface area contributed by atoms with E-state index in [1.807, 2.05) is 0 Å². The first kappa shape index (κ1) is 12.0. The highest BCUT2D eigenvalue weighted by atomic mass is 16.3. The van der Waals surface area contributed by atoms with Gasteiger partial charge in [0.25, 0.3) is 0 Å². The monoisotopic (exact) mass is 222 g/mol. The number of amides is 2. The molecule has 5 nitrogen and oxygen atoms in total.